The van der Waals surface area contributed by atoms with Crippen LogP contribution >= 0.6 is 23.1 Å². The minimum atomic E-state index is -0.836. The summed E-state index contributed by atoms with van der Waals surface area (Å²) in [4.78, 5) is 11.9. The lowest BCUT2D eigenvalue weighted by Crippen LogP contribution is -2.39. The van der Waals surface area contributed by atoms with Gasteiger partial charge in [0, 0.05) is 28.1 Å². The van der Waals surface area contributed by atoms with Gasteiger partial charge in [0.1, 0.15) is 0 Å². The molecule has 1 aliphatic rings. The molecular formula is C13H19NO2S2. The molecule has 2 atom stereocenters. The summed E-state index contributed by atoms with van der Waals surface area (Å²) in [5.74, 6) is -0.836. The van der Waals surface area contributed by atoms with Crippen LogP contribution in [0.4, 0.5) is 0 Å². The second-order valence-electron chi connectivity index (χ2n) is 4.65. The third-order valence-electron chi connectivity index (χ3n) is 3.44. The highest BCUT2D eigenvalue weighted by Crippen LogP contribution is 2.27. The van der Waals surface area contributed by atoms with Gasteiger partial charge in [-0.2, -0.15) is 11.8 Å². The molecule has 0 spiro atoms. The molecule has 0 bridgehead atoms. The van der Waals surface area contributed by atoms with E-state index in [4.69, 9.17) is 5.11 Å². The predicted octanol–water partition coefficient (Wildman–Crippen LogP) is 3.21. The first-order valence-corrected chi connectivity index (χ1v) is 8.44. The van der Waals surface area contributed by atoms with Crippen LogP contribution < -0.4 is 5.32 Å². The van der Waals surface area contributed by atoms with Crippen LogP contribution in [0.1, 0.15) is 40.9 Å². The Balaban J connectivity index is 1.87. The molecule has 3 nitrogen and oxygen atoms in total. The van der Waals surface area contributed by atoms with E-state index in [2.05, 4.69) is 11.6 Å². The zero-order valence-electron chi connectivity index (χ0n) is 10.5. The molecule has 2 unspecified atom stereocenters. The van der Waals surface area contributed by atoms with Crippen LogP contribution in [0.5, 0.6) is 0 Å². The fourth-order valence-corrected chi connectivity index (χ4v) is 4.20. The lowest BCUT2D eigenvalue weighted by Gasteiger charge is -2.31. The van der Waals surface area contributed by atoms with E-state index in [1.807, 2.05) is 11.8 Å². The van der Waals surface area contributed by atoms with E-state index in [0.29, 0.717) is 16.9 Å². The number of carboxylic acids is 1. The minimum Gasteiger partial charge on any atom is -0.478 e. The smallest absolute Gasteiger partial charge is 0.336 e. The first kappa shape index (κ1) is 13.9. The minimum absolute atomic E-state index is 0.405. The third-order valence-corrected chi connectivity index (χ3v) is 5.55. The van der Waals surface area contributed by atoms with Crippen LogP contribution in [-0.4, -0.2) is 28.6 Å². The Morgan fingerprint density at radius 2 is 2.33 bits per heavy atom. The van der Waals surface area contributed by atoms with Crippen LogP contribution in [0.25, 0.3) is 0 Å². The van der Waals surface area contributed by atoms with Gasteiger partial charge in [-0.05, 0) is 25.2 Å². The van der Waals surface area contributed by atoms with Crippen LogP contribution in [0.3, 0.4) is 0 Å². The number of aromatic carboxylic acids is 1. The number of thiophene rings is 1. The van der Waals surface area contributed by atoms with E-state index in [0.717, 1.165) is 11.4 Å². The number of rotatable bonds is 5. The van der Waals surface area contributed by atoms with Gasteiger partial charge in [-0.1, -0.05) is 12.8 Å². The first-order chi connectivity index (χ1) is 8.70. The lowest BCUT2D eigenvalue weighted by molar-refractivity contribution is 0.0697. The molecule has 1 aromatic rings. The zero-order chi connectivity index (χ0) is 13.0. The van der Waals surface area contributed by atoms with E-state index in [1.54, 1.807) is 11.4 Å². The van der Waals surface area contributed by atoms with Gasteiger partial charge in [0.2, 0.25) is 0 Å². The maximum atomic E-state index is 10.8. The summed E-state index contributed by atoms with van der Waals surface area (Å²) in [6.07, 6.45) is 7.36. The van der Waals surface area contributed by atoms with Gasteiger partial charge in [0.15, 0.2) is 0 Å². The SMILES string of the molecule is CSC1CCCCC1NCc1cc(C(=O)O)cs1. The zero-order valence-corrected chi connectivity index (χ0v) is 12.1. The molecule has 5 heteroatoms. The van der Waals surface area contributed by atoms with E-state index in [1.165, 1.54) is 37.0 Å². The van der Waals surface area contributed by atoms with Crippen LogP contribution in [0.15, 0.2) is 11.4 Å². The first-order valence-electron chi connectivity index (χ1n) is 6.27. The fraction of sp³-hybridized carbons (Fsp3) is 0.615. The van der Waals surface area contributed by atoms with Gasteiger partial charge in [0.05, 0.1) is 5.56 Å². The van der Waals surface area contributed by atoms with Crippen molar-refractivity contribution in [2.75, 3.05) is 6.26 Å². The second-order valence-corrected chi connectivity index (χ2v) is 6.73. The molecule has 0 amide bonds. The summed E-state index contributed by atoms with van der Waals surface area (Å²) in [7, 11) is 0. The molecule has 0 aromatic carbocycles. The number of carboxylic acid groups (broad SMARTS) is 1. The summed E-state index contributed by atoms with van der Waals surface area (Å²) in [5.41, 5.74) is 0.405. The van der Waals surface area contributed by atoms with Crippen molar-refractivity contribution in [3.63, 3.8) is 0 Å². The van der Waals surface area contributed by atoms with Crippen molar-refractivity contribution < 1.29 is 9.90 Å². The van der Waals surface area contributed by atoms with Crippen molar-refractivity contribution in [3.8, 4) is 0 Å². The number of carbonyl (C=O) groups is 1. The molecule has 1 aliphatic carbocycles. The molecule has 2 N–H and O–H groups in total. The van der Waals surface area contributed by atoms with Gasteiger partial charge >= 0.3 is 5.97 Å². The maximum Gasteiger partial charge on any atom is 0.336 e. The fourth-order valence-electron chi connectivity index (χ4n) is 2.43. The topological polar surface area (TPSA) is 49.3 Å². The molecule has 1 fully saturated rings. The number of nitrogens with one attached hydrogen (secondary N) is 1. The van der Waals surface area contributed by atoms with Gasteiger partial charge in [0.25, 0.3) is 0 Å². The van der Waals surface area contributed by atoms with Crippen molar-refractivity contribution in [2.45, 2.75) is 43.5 Å². The summed E-state index contributed by atoms with van der Waals surface area (Å²) < 4.78 is 0. The largest absolute Gasteiger partial charge is 0.478 e. The van der Waals surface area contributed by atoms with Crippen molar-refractivity contribution >= 4 is 29.1 Å². The van der Waals surface area contributed by atoms with E-state index in [9.17, 15) is 4.79 Å². The highest BCUT2D eigenvalue weighted by molar-refractivity contribution is 7.99. The molecule has 0 radical (unpaired) electrons. The average Bonchev–Trinajstić information content (AvgIpc) is 2.85. The molecule has 0 saturated heterocycles. The molecule has 2 rings (SSSR count). The molecule has 100 valence electrons. The highest BCUT2D eigenvalue weighted by Gasteiger charge is 2.23. The van der Waals surface area contributed by atoms with Gasteiger partial charge in [-0.3, -0.25) is 0 Å². The Morgan fingerprint density at radius 3 is 3.00 bits per heavy atom. The number of hydrogen-bond donors (Lipinski definition) is 2. The normalized spacial score (nSPS) is 24.1. The molecule has 1 saturated carbocycles. The molecule has 18 heavy (non-hydrogen) atoms. The predicted molar refractivity (Wildman–Crippen MR) is 77.7 cm³/mol. The Hall–Kier alpha value is -0.520. The third kappa shape index (κ3) is 3.49. The van der Waals surface area contributed by atoms with Crippen molar-refractivity contribution in [2.24, 2.45) is 0 Å². The van der Waals surface area contributed by atoms with Crippen LogP contribution in [0, 0.1) is 0 Å². The van der Waals surface area contributed by atoms with Crippen molar-refractivity contribution in [3.05, 3.63) is 21.9 Å². The standard InChI is InChI=1S/C13H19NO2S2/c1-17-12-5-3-2-4-11(12)14-7-10-6-9(8-18-10)13(15)16/h6,8,11-12,14H,2-5,7H2,1H3,(H,15,16). The Bertz CT molecular complexity index is 405. The lowest BCUT2D eigenvalue weighted by atomic mass is 9.95. The van der Waals surface area contributed by atoms with Crippen molar-refractivity contribution in [1.82, 2.24) is 5.32 Å². The number of hydrogen-bond acceptors (Lipinski definition) is 4. The van der Waals surface area contributed by atoms with Gasteiger partial charge in [-0.25, -0.2) is 4.79 Å². The second kappa shape index (κ2) is 6.59. The molecular weight excluding hydrogens is 266 g/mol. The maximum absolute atomic E-state index is 10.8. The Morgan fingerprint density at radius 1 is 1.56 bits per heavy atom. The van der Waals surface area contributed by atoms with Crippen molar-refractivity contribution in [1.29, 1.82) is 0 Å². The summed E-state index contributed by atoms with van der Waals surface area (Å²) in [6, 6.07) is 2.35. The summed E-state index contributed by atoms with van der Waals surface area (Å²) >= 11 is 3.47. The quantitative estimate of drug-likeness (QED) is 0.872. The van der Waals surface area contributed by atoms with E-state index in [-0.39, 0.29) is 0 Å². The molecule has 1 heterocycles. The Kier molecular flexibility index (Phi) is 5.09. The summed E-state index contributed by atoms with van der Waals surface area (Å²) in [6.45, 7) is 0.791. The van der Waals surface area contributed by atoms with Crippen LogP contribution in [-0.2, 0) is 6.54 Å². The number of thioether (sulfide) groups is 1. The summed E-state index contributed by atoms with van der Waals surface area (Å²) in [5, 5.41) is 14.9. The van der Waals surface area contributed by atoms with E-state index < -0.39 is 5.97 Å². The molecule has 0 aliphatic heterocycles. The van der Waals surface area contributed by atoms with E-state index >= 15 is 0 Å². The van der Waals surface area contributed by atoms with Gasteiger partial charge < -0.3 is 10.4 Å². The van der Waals surface area contributed by atoms with Crippen LogP contribution in [0.2, 0.25) is 0 Å². The average molecular weight is 285 g/mol. The van der Waals surface area contributed by atoms with Gasteiger partial charge in [-0.15, -0.1) is 11.3 Å². The highest BCUT2D eigenvalue weighted by atomic mass is 32.2. The monoisotopic (exact) mass is 285 g/mol. The Labute approximate surface area is 116 Å². The molecule has 1 aromatic heterocycles.